The Balaban J connectivity index is 0. The van der Waals surface area contributed by atoms with Crippen molar-refractivity contribution in [1.29, 1.82) is 0 Å². The molecule has 0 radical (unpaired) electrons. The average molecular weight is 215 g/mol. The minimum atomic E-state index is -2.00. The van der Waals surface area contributed by atoms with Crippen LogP contribution in [0.3, 0.4) is 0 Å². The Morgan fingerprint density at radius 3 is 2.46 bits per heavy atom. The molecule has 0 saturated heterocycles. The van der Waals surface area contributed by atoms with Crippen LogP contribution in [0.1, 0.15) is 20.3 Å². The van der Waals surface area contributed by atoms with E-state index in [9.17, 15) is 9.32 Å². The van der Waals surface area contributed by atoms with E-state index in [1.807, 2.05) is 0 Å². The van der Waals surface area contributed by atoms with E-state index in [0.717, 1.165) is 11.3 Å². The van der Waals surface area contributed by atoms with Gasteiger partial charge in [-0.3, -0.25) is 0 Å². The molecule has 0 saturated carbocycles. The Morgan fingerprint density at radius 1 is 1.69 bits per heavy atom. The van der Waals surface area contributed by atoms with E-state index in [4.69, 9.17) is 4.55 Å². The van der Waals surface area contributed by atoms with Crippen LogP contribution in [-0.4, -0.2) is 18.9 Å². The van der Waals surface area contributed by atoms with Crippen LogP contribution in [0.25, 0.3) is 0 Å². The third-order valence-electron chi connectivity index (χ3n) is 1.18. The largest absolute Gasteiger partial charge is 1.00 e. The van der Waals surface area contributed by atoms with Gasteiger partial charge in [0.2, 0.25) is 0 Å². The molecule has 70 valence electrons. The molecule has 0 aromatic carbocycles. The molecule has 0 aliphatic heterocycles. The third kappa shape index (κ3) is 3.50. The first-order chi connectivity index (χ1) is 5.41. The molecule has 7 heteroatoms. The van der Waals surface area contributed by atoms with Crippen molar-refractivity contribution in [3.05, 3.63) is 11.2 Å². The first kappa shape index (κ1) is 13.3. The quantitative estimate of drug-likeness (QED) is 0.445. The summed E-state index contributed by atoms with van der Waals surface area (Å²) >= 11 is -0.961. The fraction of sp³-hybridized carbons (Fsp3) is 0.500. The van der Waals surface area contributed by atoms with Crippen LogP contribution >= 0.6 is 11.3 Å². The number of thiazole rings is 1. The molecule has 0 aliphatic carbocycles. The maximum Gasteiger partial charge on any atom is 1.00 e. The van der Waals surface area contributed by atoms with Crippen molar-refractivity contribution in [3.63, 3.8) is 0 Å². The molecule has 0 bridgehead atoms. The average Bonchev–Trinajstić information content (AvgIpc) is 2.30. The van der Waals surface area contributed by atoms with Crippen LogP contribution in [-0.2, 0) is 16.7 Å². The second kappa shape index (κ2) is 4.69. The van der Waals surface area contributed by atoms with E-state index in [2.05, 4.69) is 4.98 Å². The molecule has 1 aromatic rings. The van der Waals surface area contributed by atoms with E-state index >= 15 is 0 Å². The molecule has 0 aliphatic rings. The third-order valence-corrected chi connectivity index (χ3v) is 3.41. The molecule has 1 heterocycles. The van der Waals surface area contributed by atoms with Crippen molar-refractivity contribution >= 4 is 22.4 Å². The van der Waals surface area contributed by atoms with Crippen LogP contribution in [0.2, 0.25) is 0 Å². The summed E-state index contributed by atoms with van der Waals surface area (Å²) in [6.45, 7) is 3.16. The maximum absolute atomic E-state index is 10.5. The van der Waals surface area contributed by atoms with Gasteiger partial charge in [0.1, 0.15) is 14.8 Å². The summed E-state index contributed by atoms with van der Waals surface area (Å²) in [4.78, 5) is 3.82. The van der Waals surface area contributed by atoms with Crippen LogP contribution in [0.5, 0.6) is 0 Å². The molecular formula is C6H10LiNO3S2. The summed E-state index contributed by atoms with van der Waals surface area (Å²) in [6, 6.07) is 0. The van der Waals surface area contributed by atoms with E-state index in [0.29, 0.717) is 5.01 Å². The topological polar surface area (TPSA) is 70.4 Å². The van der Waals surface area contributed by atoms with Crippen molar-refractivity contribution in [3.8, 4) is 0 Å². The van der Waals surface area contributed by atoms with Crippen LogP contribution in [0, 0.1) is 0 Å². The molecule has 1 rings (SSSR count). The van der Waals surface area contributed by atoms with Gasteiger partial charge in [-0.2, -0.15) is 0 Å². The van der Waals surface area contributed by atoms with Gasteiger partial charge in [-0.25, -0.2) is 9.19 Å². The summed E-state index contributed by atoms with van der Waals surface area (Å²) in [5.74, 6) is 0. The van der Waals surface area contributed by atoms with Gasteiger partial charge in [0, 0.05) is 0 Å². The molecule has 4 nitrogen and oxygen atoms in total. The predicted octanol–water partition coefficient (Wildman–Crippen LogP) is -1.93. The van der Waals surface area contributed by atoms with Crippen molar-refractivity contribution < 1.29 is 34.2 Å². The van der Waals surface area contributed by atoms with Gasteiger partial charge < -0.3 is 11.1 Å². The molecular weight excluding hydrogens is 205 g/mol. The van der Waals surface area contributed by atoms with Crippen molar-refractivity contribution in [1.82, 2.24) is 4.98 Å². The van der Waals surface area contributed by atoms with Gasteiger partial charge >= 0.3 is 18.9 Å². The van der Waals surface area contributed by atoms with Crippen LogP contribution in [0.15, 0.2) is 10.4 Å². The van der Waals surface area contributed by atoms with Gasteiger partial charge in [-0.15, -0.1) is 11.3 Å². The fourth-order valence-electron chi connectivity index (χ4n) is 0.623. The first-order valence-electron chi connectivity index (χ1n) is 3.21. The smallest absolute Gasteiger partial charge is 1.00 e. The summed E-state index contributed by atoms with van der Waals surface area (Å²) in [5.41, 5.74) is -1.04. The predicted molar refractivity (Wildman–Crippen MR) is 47.5 cm³/mol. The second-order valence-electron chi connectivity index (χ2n) is 2.79. The van der Waals surface area contributed by atoms with Crippen molar-refractivity contribution in [2.45, 2.75) is 23.7 Å². The Labute approximate surface area is 96.3 Å². The molecule has 0 fully saturated rings. The van der Waals surface area contributed by atoms with Gasteiger partial charge in [0.25, 0.3) is 0 Å². The van der Waals surface area contributed by atoms with Gasteiger partial charge in [0.15, 0.2) is 11.1 Å². The molecule has 1 atom stereocenters. The molecule has 1 unspecified atom stereocenters. The van der Waals surface area contributed by atoms with Crippen LogP contribution < -0.4 is 18.9 Å². The summed E-state index contributed by atoms with van der Waals surface area (Å²) in [5, 5.41) is 9.90. The zero-order valence-corrected chi connectivity index (χ0v) is 9.28. The Morgan fingerprint density at radius 2 is 2.23 bits per heavy atom. The summed E-state index contributed by atoms with van der Waals surface area (Å²) in [6.07, 6.45) is 1.30. The molecule has 1 aromatic heterocycles. The van der Waals surface area contributed by atoms with E-state index < -0.39 is 16.7 Å². The van der Waals surface area contributed by atoms with Gasteiger partial charge in [-0.05, 0) is 13.8 Å². The zero-order valence-electron chi connectivity index (χ0n) is 8.64. The number of aliphatic hydroxyl groups is 1. The standard InChI is InChI=1S/C6H9NO3S2.Li.H/c1-6(2,8)5-7-3-4(11-5)12(9)10;;/h3,8H,1-2H3,(H,9,10);;/q;+1;-1. The maximum atomic E-state index is 10.5. The Hall–Kier alpha value is 0.297. The summed E-state index contributed by atoms with van der Waals surface area (Å²) in [7, 11) is 0. The zero-order chi connectivity index (χ0) is 9.35. The van der Waals surface area contributed by atoms with E-state index in [1.54, 1.807) is 13.8 Å². The normalized spacial score (nSPS) is 13.5. The monoisotopic (exact) mass is 215 g/mol. The molecule has 0 spiro atoms. The number of nitrogens with zero attached hydrogens (tertiary/aromatic N) is 1. The number of rotatable bonds is 2. The number of hydrogen-bond acceptors (Lipinski definition) is 4. The second-order valence-corrected chi connectivity index (χ2v) is 5.02. The first-order valence-corrected chi connectivity index (χ1v) is 5.13. The number of hydrogen-bond donors (Lipinski definition) is 2. The summed E-state index contributed by atoms with van der Waals surface area (Å²) < 4.78 is 19.5. The van der Waals surface area contributed by atoms with Gasteiger partial charge in [0.05, 0.1) is 6.20 Å². The molecule has 2 N–H and O–H groups in total. The van der Waals surface area contributed by atoms with Crippen molar-refractivity contribution in [2.24, 2.45) is 0 Å². The van der Waals surface area contributed by atoms with Gasteiger partial charge in [-0.1, -0.05) is 0 Å². The minimum absolute atomic E-state index is 0. The minimum Gasteiger partial charge on any atom is -1.00 e. The SMILES string of the molecule is CC(C)(O)c1ncc(S(=O)O)s1.[H-].[Li+]. The fourth-order valence-corrected chi connectivity index (χ4v) is 1.94. The van der Waals surface area contributed by atoms with E-state index in [1.165, 1.54) is 6.20 Å². The van der Waals surface area contributed by atoms with Crippen LogP contribution in [0.4, 0.5) is 0 Å². The van der Waals surface area contributed by atoms with E-state index in [-0.39, 0.29) is 24.5 Å². The Kier molecular flexibility index (Phi) is 4.80. The number of aromatic nitrogens is 1. The van der Waals surface area contributed by atoms with Crippen molar-refractivity contribution in [2.75, 3.05) is 0 Å². The molecule has 0 amide bonds. The Bertz CT molecular complexity index is 312. The molecule has 13 heavy (non-hydrogen) atoms.